The van der Waals surface area contributed by atoms with E-state index < -0.39 is 6.15 Å². The Morgan fingerprint density at radius 1 is 0.640 bits per heavy atom. The predicted octanol–water partition coefficient (Wildman–Crippen LogP) is 8.17. The minimum atomic E-state index is -0.458. The minimum absolute atomic E-state index is 0.458. The van der Waals surface area contributed by atoms with Gasteiger partial charge < -0.3 is 5.82 Å². The highest BCUT2D eigenvalue weighted by molar-refractivity contribution is 6.91. The summed E-state index contributed by atoms with van der Waals surface area (Å²) in [5.41, 5.74) is 0. The first-order chi connectivity index (χ1) is 12.4. The van der Waals surface area contributed by atoms with Crippen molar-refractivity contribution in [3.63, 3.8) is 0 Å². The molecular weight excluding hydrogens is 299 g/mol. The molecule has 25 heavy (non-hydrogen) atoms. The molecule has 0 unspecified atom stereocenters. The smallest absolute Gasteiger partial charge is 0.0796 e. The molecule has 3 rings (SSSR count). The molecule has 0 aliphatic heterocycles. The molecule has 0 saturated heterocycles. The number of hydrogen-bond donors (Lipinski definition) is 0. The van der Waals surface area contributed by atoms with Crippen molar-refractivity contribution in [2.45, 2.75) is 140 Å². The largest absolute Gasteiger partial charge is 0.314 e. The van der Waals surface area contributed by atoms with E-state index in [1.807, 2.05) is 0 Å². The molecule has 0 N–H and O–H groups in total. The van der Waals surface area contributed by atoms with Crippen LogP contribution in [0.1, 0.15) is 122 Å². The summed E-state index contributed by atoms with van der Waals surface area (Å²) in [6.45, 7) is 2.31. The van der Waals surface area contributed by atoms with Gasteiger partial charge in [-0.1, -0.05) is 110 Å². The molecule has 3 aliphatic carbocycles. The number of rotatable bonds is 5. The van der Waals surface area contributed by atoms with Gasteiger partial charge in [0.25, 0.3) is 0 Å². The summed E-state index contributed by atoms with van der Waals surface area (Å²) in [6, 6.07) is 0. The Labute approximate surface area is 158 Å². The molecule has 0 aromatic carbocycles. The summed E-state index contributed by atoms with van der Waals surface area (Å²) in [5.74, 6) is 10.9. The summed E-state index contributed by atoms with van der Waals surface area (Å²) >= 11 is 0. The van der Waals surface area contributed by atoms with Crippen molar-refractivity contribution in [2.24, 2.45) is 0 Å². The van der Waals surface area contributed by atoms with E-state index in [4.69, 9.17) is 0 Å². The van der Waals surface area contributed by atoms with Crippen molar-refractivity contribution >= 4 is 6.15 Å². The maximum absolute atomic E-state index is 4.19. The number of hydrogen-bond acceptors (Lipinski definition) is 0. The summed E-state index contributed by atoms with van der Waals surface area (Å²) in [4.78, 5) is 0. The molecule has 3 fully saturated rings. The Morgan fingerprint density at radius 2 is 1.04 bits per heavy atom. The third-order valence-corrected chi connectivity index (χ3v) is 8.30. The maximum atomic E-state index is 4.19. The Kier molecular flexibility index (Phi) is 7.82. The summed E-state index contributed by atoms with van der Waals surface area (Å²) < 4.78 is 0. The Morgan fingerprint density at radius 3 is 1.40 bits per heavy atom. The van der Waals surface area contributed by atoms with Gasteiger partial charge in [-0.25, -0.2) is 0 Å². The zero-order valence-electron chi connectivity index (χ0n) is 17.0. The highest BCUT2D eigenvalue weighted by atomic mass is 14.3. The first-order valence-electron chi connectivity index (χ1n) is 12.0. The van der Waals surface area contributed by atoms with E-state index in [0.29, 0.717) is 0 Å². The van der Waals surface area contributed by atoms with Crippen LogP contribution in [0.4, 0.5) is 0 Å². The van der Waals surface area contributed by atoms with E-state index in [-0.39, 0.29) is 0 Å². The molecule has 0 bridgehead atoms. The molecule has 3 saturated carbocycles. The molecule has 3 aliphatic rings. The van der Waals surface area contributed by atoms with Gasteiger partial charge in [-0.3, -0.25) is 0 Å². The summed E-state index contributed by atoms with van der Waals surface area (Å²) in [7, 11) is 0. The Balaban J connectivity index is 1.92. The monoisotopic (exact) mass is 341 g/mol. The van der Waals surface area contributed by atoms with Gasteiger partial charge in [-0.2, -0.15) is 23.4 Å². The van der Waals surface area contributed by atoms with Crippen LogP contribution in [0.25, 0.3) is 0 Å². The van der Waals surface area contributed by atoms with E-state index in [1.165, 1.54) is 109 Å². The topological polar surface area (TPSA) is 0 Å². The first kappa shape index (κ1) is 19.4. The molecule has 0 radical (unpaired) electrons. The van der Waals surface area contributed by atoms with Crippen molar-refractivity contribution in [1.82, 2.24) is 0 Å². The molecule has 0 spiro atoms. The highest BCUT2D eigenvalue weighted by Crippen LogP contribution is 2.56. The molecule has 0 aromatic heterocycles. The second-order valence-electron chi connectivity index (χ2n) is 9.70. The van der Waals surface area contributed by atoms with E-state index in [9.17, 15) is 0 Å². The highest BCUT2D eigenvalue weighted by Gasteiger charge is 2.44. The lowest BCUT2D eigenvalue weighted by Crippen LogP contribution is -2.50. The van der Waals surface area contributed by atoms with Crippen LogP contribution in [-0.4, -0.2) is 6.15 Å². The van der Waals surface area contributed by atoms with Crippen LogP contribution >= 0.6 is 0 Å². The van der Waals surface area contributed by atoms with Gasteiger partial charge >= 0.3 is 0 Å². The lowest BCUT2D eigenvalue weighted by molar-refractivity contribution is 0.421. The minimum Gasteiger partial charge on any atom is -0.314 e. The van der Waals surface area contributed by atoms with E-state index in [1.54, 1.807) is 0 Å². The molecule has 142 valence electrons. The van der Waals surface area contributed by atoms with E-state index >= 15 is 0 Å². The molecule has 0 amide bonds. The SMILES string of the molecule is CCCCC#C[B-](C1CCCCC1)(C1CCCCC1)C1CCCCC1. The zero-order valence-corrected chi connectivity index (χ0v) is 17.0. The fourth-order valence-corrected chi connectivity index (χ4v) is 7.08. The van der Waals surface area contributed by atoms with Gasteiger partial charge in [-0.15, -0.1) is 0 Å². The maximum Gasteiger partial charge on any atom is 0.0796 e. The average Bonchev–Trinajstić information content (AvgIpc) is 2.70. The second kappa shape index (κ2) is 10.1. The van der Waals surface area contributed by atoms with Gasteiger partial charge in [0.2, 0.25) is 0 Å². The van der Waals surface area contributed by atoms with Gasteiger partial charge in [0.05, 0.1) is 6.15 Å². The van der Waals surface area contributed by atoms with Gasteiger partial charge in [0.1, 0.15) is 0 Å². The Hall–Kier alpha value is -0.375. The lowest BCUT2D eigenvalue weighted by atomic mass is 9.06. The fourth-order valence-electron chi connectivity index (χ4n) is 7.08. The molecule has 0 nitrogen and oxygen atoms in total. The van der Waals surface area contributed by atoms with Gasteiger partial charge in [0.15, 0.2) is 0 Å². The van der Waals surface area contributed by atoms with Gasteiger partial charge in [-0.05, 0) is 6.42 Å². The van der Waals surface area contributed by atoms with Crippen LogP contribution in [-0.2, 0) is 0 Å². The van der Waals surface area contributed by atoms with Crippen LogP contribution in [0.2, 0.25) is 17.5 Å². The quantitative estimate of drug-likeness (QED) is 0.269. The third kappa shape index (κ3) is 4.67. The zero-order chi connectivity index (χ0) is 17.4. The molecule has 0 atom stereocenters. The lowest BCUT2D eigenvalue weighted by Gasteiger charge is -2.57. The van der Waals surface area contributed by atoms with Crippen LogP contribution < -0.4 is 0 Å². The normalized spacial score (nSPS) is 24.7. The van der Waals surface area contributed by atoms with Gasteiger partial charge in [0, 0.05) is 6.42 Å². The van der Waals surface area contributed by atoms with Crippen LogP contribution in [0.3, 0.4) is 0 Å². The van der Waals surface area contributed by atoms with E-state index in [2.05, 4.69) is 18.7 Å². The molecular formula is C24H42B-. The van der Waals surface area contributed by atoms with Crippen molar-refractivity contribution < 1.29 is 0 Å². The second-order valence-corrected chi connectivity index (χ2v) is 9.70. The van der Waals surface area contributed by atoms with E-state index in [0.717, 1.165) is 23.9 Å². The molecule has 0 heterocycles. The van der Waals surface area contributed by atoms with Crippen molar-refractivity contribution in [2.75, 3.05) is 0 Å². The number of unbranched alkanes of at least 4 members (excludes halogenated alkanes) is 2. The Bertz CT molecular complexity index is 379. The van der Waals surface area contributed by atoms with Crippen molar-refractivity contribution in [1.29, 1.82) is 0 Å². The summed E-state index contributed by atoms with van der Waals surface area (Å²) in [6.07, 6.45) is 25.8. The molecule has 1 heteroatoms. The van der Waals surface area contributed by atoms with Crippen LogP contribution in [0.15, 0.2) is 0 Å². The fraction of sp³-hybridized carbons (Fsp3) is 0.917. The first-order valence-corrected chi connectivity index (χ1v) is 12.0. The standard InChI is InChI=1S/C24H42B/c1-2-3-4-14-21-25(22-15-8-5-9-16-22,23-17-10-6-11-18-23)24-19-12-7-13-20-24/h22-24H,2-13,15-20H2,1H3/q-1. The molecule has 0 aromatic rings. The summed E-state index contributed by atoms with van der Waals surface area (Å²) in [5, 5.41) is 0. The van der Waals surface area contributed by atoms with Crippen molar-refractivity contribution in [3.8, 4) is 11.7 Å². The van der Waals surface area contributed by atoms with Crippen molar-refractivity contribution in [3.05, 3.63) is 0 Å². The van der Waals surface area contributed by atoms with Crippen LogP contribution in [0, 0.1) is 11.7 Å². The average molecular weight is 341 g/mol. The van der Waals surface area contributed by atoms with Crippen LogP contribution in [0.5, 0.6) is 0 Å². The predicted molar refractivity (Wildman–Crippen MR) is 114 cm³/mol. The third-order valence-electron chi connectivity index (χ3n) is 8.30.